The molecule has 3 N–H and O–H groups in total. The first-order valence-corrected chi connectivity index (χ1v) is 15.5. The summed E-state index contributed by atoms with van der Waals surface area (Å²) in [6, 6.07) is 10.2. The number of nitrogens with zero attached hydrogens (tertiary/aromatic N) is 7. The van der Waals surface area contributed by atoms with Gasteiger partial charge in [0.1, 0.15) is 5.75 Å². The Bertz CT molecular complexity index is 1640. The van der Waals surface area contributed by atoms with Crippen molar-refractivity contribution in [2.45, 2.75) is 38.3 Å². The summed E-state index contributed by atoms with van der Waals surface area (Å²) < 4.78 is 0. The van der Waals surface area contributed by atoms with Gasteiger partial charge in [-0.25, -0.2) is 9.97 Å². The van der Waals surface area contributed by atoms with Gasteiger partial charge < -0.3 is 25.2 Å². The standard InChI is InChI=1S/C32H37N9O/c1-19-29-25-8-27(24-4-2-3-5-28(24)42)37-38-30(25)36-26(29)6-7-41(19)31-34-11-23(12-35-31)40-15-20-13-39(14-21(20)16-40)22-9-32(10-22)17-33-18-32/h2-5,8,11-12,19-22,33,42H,6-7,9-10,13-18H2,1H3,(H,36,38)/t19?,20-,21+. The molecular weight excluding hydrogens is 526 g/mol. The molecule has 0 amide bonds. The zero-order valence-electron chi connectivity index (χ0n) is 24.0. The highest BCUT2D eigenvalue weighted by atomic mass is 16.3. The van der Waals surface area contributed by atoms with Crippen molar-refractivity contribution in [2.75, 3.05) is 55.6 Å². The lowest BCUT2D eigenvalue weighted by molar-refractivity contribution is -0.0295. The third kappa shape index (κ3) is 3.77. The lowest BCUT2D eigenvalue weighted by Crippen LogP contribution is -2.65. The number of phenols is 1. The molecule has 1 saturated carbocycles. The maximum atomic E-state index is 10.4. The normalized spacial score (nSPS) is 26.8. The molecule has 0 radical (unpaired) electrons. The SMILES string of the molecule is CC1c2c([nH]c3nnc(-c4ccccc4O)cc23)CCN1c1ncc(N2C[C@@H]3CN(C4CC5(CNC5)C4)C[C@@H]3C2)cn1. The van der Waals surface area contributed by atoms with Gasteiger partial charge in [0.15, 0.2) is 5.65 Å². The van der Waals surface area contributed by atoms with Crippen molar-refractivity contribution in [1.82, 2.24) is 35.4 Å². The van der Waals surface area contributed by atoms with Crippen molar-refractivity contribution < 1.29 is 5.11 Å². The van der Waals surface area contributed by atoms with Crippen LogP contribution in [0.4, 0.5) is 11.6 Å². The van der Waals surface area contributed by atoms with Crippen LogP contribution in [0.5, 0.6) is 5.75 Å². The Morgan fingerprint density at radius 3 is 2.45 bits per heavy atom. The first-order valence-electron chi connectivity index (χ1n) is 15.5. The monoisotopic (exact) mass is 563 g/mol. The van der Waals surface area contributed by atoms with E-state index in [1.807, 2.05) is 36.7 Å². The molecule has 42 heavy (non-hydrogen) atoms. The first-order chi connectivity index (χ1) is 20.5. The summed E-state index contributed by atoms with van der Waals surface area (Å²) in [6.45, 7) is 10.3. The highest BCUT2D eigenvalue weighted by Crippen LogP contribution is 2.49. The molecule has 10 heteroatoms. The summed E-state index contributed by atoms with van der Waals surface area (Å²) in [7, 11) is 0. The molecule has 1 spiro atoms. The molecule has 3 saturated heterocycles. The summed E-state index contributed by atoms with van der Waals surface area (Å²) >= 11 is 0. The van der Waals surface area contributed by atoms with Crippen LogP contribution in [0.3, 0.4) is 0 Å². The van der Waals surface area contributed by atoms with Gasteiger partial charge in [-0.05, 0) is 55.2 Å². The molecule has 4 fully saturated rings. The molecule has 10 nitrogen and oxygen atoms in total. The van der Waals surface area contributed by atoms with Crippen molar-refractivity contribution in [3.8, 4) is 17.0 Å². The number of H-pyrrole nitrogens is 1. The lowest BCUT2D eigenvalue weighted by Gasteiger charge is -2.57. The van der Waals surface area contributed by atoms with Crippen LogP contribution < -0.4 is 15.1 Å². The number of aromatic hydroxyl groups is 1. The molecule has 0 bridgehead atoms. The number of anilines is 2. The first kappa shape index (κ1) is 24.8. The molecule has 3 aromatic heterocycles. The predicted octanol–water partition coefficient (Wildman–Crippen LogP) is 3.36. The van der Waals surface area contributed by atoms with E-state index in [1.54, 1.807) is 6.07 Å². The highest BCUT2D eigenvalue weighted by molar-refractivity contribution is 5.86. The number of fused-ring (bicyclic) bond motifs is 4. The van der Waals surface area contributed by atoms with Crippen LogP contribution in [0.2, 0.25) is 0 Å². The largest absolute Gasteiger partial charge is 0.507 e. The van der Waals surface area contributed by atoms with Gasteiger partial charge in [0, 0.05) is 80.5 Å². The number of hydrogen-bond donors (Lipinski definition) is 3. The summed E-state index contributed by atoms with van der Waals surface area (Å²) in [4.78, 5) is 20.9. The van der Waals surface area contributed by atoms with Crippen LogP contribution >= 0.6 is 0 Å². The number of aromatic amines is 1. The second-order valence-electron chi connectivity index (χ2n) is 13.4. The number of hydrogen-bond acceptors (Lipinski definition) is 9. The maximum Gasteiger partial charge on any atom is 0.225 e. The van der Waals surface area contributed by atoms with Gasteiger partial charge in [0.25, 0.3) is 0 Å². The van der Waals surface area contributed by atoms with Gasteiger partial charge >= 0.3 is 0 Å². The number of benzene rings is 1. The van der Waals surface area contributed by atoms with Crippen LogP contribution in [0, 0.1) is 17.3 Å². The van der Waals surface area contributed by atoms with E-state index in [0.717, 1.165) is 66.6 Å². The Balaban J connectivity index is 0.902. The van der Waals surface area contributed by atoms with E-state index >= 15 is 0 Å². The van der Waals surface area contributed by atoms with E-state index < -0.39 is 0 Å². The molecule has 4 aliphatic heterocycles. The minimum Gasteiger partial charge on any atom is -0.507 e. The number of aromatic nitrogens is 5. The topological polar surface area (TPSA) is 109 Å². The van der Waals surface area contributed by atoms with Crippen molar-refractivity contribution in [2.24, 2.45) is 17.3 Å². The zero-order valence-corrected chi connectivity index (χ0v) is 24.0. The van der Waals surface area contributed by atoms with E-state index in [2.05, 4.69) is 42.1 Å². The quantitative estimate of drug-likeness (QED) is 0.344. The Labute approximate surface area is 245 Å². The van der Waals surface area contributed by atoms with Crippen LogP contribution in [-0.4, -0.2) is 87.0 Å². The van der Waals surface area contributed by atoms with Crippen LogP contribution in [0.15, 0.2) is 42.7 Å². The fourth-order valence-electron chi connectivity index (χ4n) is 8.54. The third-order valence-corrected chi connectivity index (χ3v) is 11.0. The molecule has 3 atom stereocenters. The number of para-hydroxylation sites is 1. The zero-order chi connectivity index (χ0) is 28.0. The smallest absolute Gasteiger partial charge is 0.225 e. The van der Waals surface area contributed by atoms with Gasteiger partial charge in [-0.1, -0.05) is 12.1 Å². The summed E-state index contributed by atoms with van der Waals surface area (Å²) in [6.07, 6.45) is 7.72. The van der Waals surface area contributed by atoms with E-state index in [9.17, 15) is 5.11 Å². The minimum absolute atomic E-state index is 0.0771. The van der Waals surface area contributed by atoms with Gasteiger partial charge in [-0.15, -0.1) is 10.2 Å². The minimum atomic E-state index is 0.0771. The van der Waals surface area contributed by atoms with Crippen LogP contribution in [0.1, 0.15) is 37.1 Å². The average Bonchev–Trinajstić information content (AvgIpc) is 3.64. The van der Waals surface area contributed by atoms with E-state index in [-0.39, 0.29) is 11.8 Å². The Hall–Kier alpha value is -3.76. The average molecular weight is 564 g/mol. The molecular formula is C32H37N9O. The Morgan fingerprint density at radius 2 is 1.74 bits per heavy atom. The molecule has 7 heterocycles. The van der Waals surface area contributed by atoms with E-state index in [0.29, 0.717) is 16.7 Å². The maximum absolute atomic E-state index is 10.4. The number of rotatable bonds is 4. The summed E-state index contributed by atoms with van der Waals surface area (Å²) in [5.41, 5.74) is 6.31. The fourth-order valence-corrected chi connectivity index (χ4v) is 8.54. The van der Waals surface area contributed by atoms with Gasteiger partial charge in [0.2, 0.25) is 5.95 Å². The molecule has 1 aliphatic carbocycles. The Kier molecular flexibility index (Phi) is 5.38. The summed E-state index contributed by atoms with van der Waals surface area (Å²) in [5, 5.41) is 23.8. The third-order valence-electron chi connectivity index (χ3n) is 11.0. The molecule has 1 unspecified atom stereocenters. The van der Waals surface area contributed by atoms with Crippen molar-refractivity contribution >= 4 is 22.7 Å². The molecule has 5 aliphatic rings. The number of phenolic OH excluding ortho intramolecular Hbond substituents is 1. The summed E-state index contributed by atoms with van der Waals surface area (Å²) in [5.74, 6) is 2.49. The predicted molar refractivity (Wildman–Crippen MR) is 162 cm³/mol. The van der Waals surface area contributed by atoms with Gasteiger partial charge in [-0.2, -0.15) is 0 Å². The highest BCUT2D eigenvalue weighted by Gasteiger charge is 2.53. The van der Waals surface area contributed by atoms with Crippen LogP contribution in [0.25, 0.3) is 22.3 Å². The van der Waals surface area contributed by atoms with Crippen LogP contribution in [-0.2, 0) is 6.42 Å². The van der Waals surface area contributed by atoms with Crippen molar-refractivity contribution in [1.29, 1.82) is 0 Å². The number of likely N-dealkylation sites (tertiary alicyclic amines) is 1. The van der Waals surface area contributed by atoms with E-state index in [4.69, 9.17) is 9.97 Å². The molecule has 1 aromatic carbocycles. The molecule has 216 valence electrons. The molecule has 4 aromatic rings. The lowest BCUT2D eigenvalue weighted by atomic mass is 9.61. The number of nitrogens with one attached hydrogen (secondary N) is 2. The van der Waals surface area contributed by atoms with Gasteiger partial charge in [-0.3, -0.25) is 4.90 Å². The van der Waals surface area contributed by atoms with Crippen molar-refractivity contribution in [3.05, 3.63) is 54.0 Å². The fraction of sp³-hybridized carbons (Fsp3) is 0.500. The second kappa shape index (κ2) is 9.12. The van der Waals surface area contributed by atoms with Crippen molar-refractivity contribution in [3.63, 3.8) is 0 Å². The Morgan fingerprint density at radius 1 is 0.976 bits per heavy atom. The second-order valence-corrected chi connectivity index (χ2v) is 13.4. The van der Waals surface area contributed by atoms with Gasteiger partial charge in [0.05, 0.1) is 29.8 Å². The van der Waals surface area contributed by atoms with E-state index in [1.165, 1.54) is 50.3 Å². The molecule has 9 rings (SSSR count).